The molecule has 0 bridgehead atoms. The van der Waals surface area contributed by atoms with Crippen LogP contribution < -0.4 is 20.7 Å². The van der Waals surface area contributed by atoms with Crippen LogP contribution in [-0.2, 0) is 0 Å². The van der Waals surface area contributed by atoms with Crippen LogP contribution in [0.3, 0.4) is 0 Å². The number of methoxy groups -OCH3 is 2. The second-order valence-electron chi connectivity index (χ2n) is 2.70. The monoisotopic (exact) mass is 212 g/mol. The second kappa shape index (κ2) is 4.52. The molecule has 0 fully saturated rings. The molecule has 0 atom stereocenters. The minimum Gasteiger partial charge on any atom is -0.504 e. The zero-order valence-electron chi connectivity index (χ0n) is 8.40. The second-order valence-corrected chi connectivity index (χ2v) is 2.70. The van der Waals surface area contributed by atoms with E-state index >= 15 is 0 Å². The third kappa shape index (κ3) is 2.10. The molecule has 0 saturated heterocycles. The highest BCUT2D eigenvalue weighted by Crippen LogP contribution is 2.37. The Balaban J connectivity index is 3.25. The van der Waals surface area contributed by atoms with Gasteiger partial charge in [0.1, 0.15) is 0 Å². The number of amides is 1. The fraction of sp³-hybridized carbons (Fsp3) is 0.222. The summed E-state index contributed by atoms with van der Waals surface area (Å²) < 4.78 is 9.84. The van der Waals surface area contributed by atoms with Crippen LogP contribution in [0.15, 0.2) is 12.1 Å². The summed E-state index contributed by atoms with van der Waals surface area (Å²) in [6.07, 6.45) is 0. The van der Waals surface area contributed by atoms with E-state index in [0.717, 1.165) is 0 Å². The number of phenolic OH excluding ortho intramolecular Hbond substituents is 1. The van der Waals surface area contributed by atoms with E-state index in [4.69, 9.17) is 15.3 Å². The standard InChI is InChI=1S/C9H12N2O4/c1-14-7-4-5(9(13)11-10)3-6(12)8(7)15-2/h3-4,12H,10H2,1-2H3,(H,11,13). The fourth-order valence-electron chi connectivity index (χ4n) is 1.16. The summed E-state index contributed by atoms with van der Waals surface area (Å²) in [5.41, 5.74) is 2.14. The van der Waals surface area contributed by atoms with Gasteiger partial charge < -0.3 is 14.6 Å². The molecule has 1 rings (SSSR count). The van der Waals surface area contributed by atoms with Gasteiger partial charge in [-0.25, -0.2) is 5.84 Å². The smallest absolute Gasteiger partial charge is 0.265 e. The molecule has 1 amide bonds. The van der Waals surface area contributed by atoms with E-state index in [9.17, 15) is 9.90 Å². The number of ether oxygens (including phenoxy) is 2. The van der Waals surface area contributed by atoms with E-state index in [1.807, 2.05) is 5.43 Å². The number of hydrogen-bond donors (Lipinski definition) is 3. The average molecular weight is 212 g/mol. The number of carbonyl (C=O) groups is 1. The summed E-state index contributed by atoms with van der Waals surface area (Å²) in [5.74, 6) is 4.69. The van der Waals surface area contributed by atoms with Crippen molar-refractivity contribution in [3.8, 4) is 17.2 Å². The molecule has 0 saturated carbocycles. The lowest BCUT2D eigenvalue weighted by molar-refractivity contribution is 0.0953. The molecule has 15 heavy (non-hydrogen) atoms. The van der Waals surface area contributed by atoms with Crippen LogP contribution in [0.2, 0.25) is 0 Å². The number of rotatable bonds is 3. The lowest BCUT2D eigenvalue weighted by Gasteiger charge is -2.10. The zero-order chi connectivity index (χ0) is 11.4. The molecule has 82 valence electrons. The minimum absolute atomic E-state index is 0.172. The van der Waals surface area contributed by atoms with E-state index in [0.29, 0.717) is 0 Å². The number of nitrogens with one attached hydrogen (secondary N) is 1. The van der Waals surface area contributed by atoms with Gasteiger partial charge in [0, 0.05) is 5.56 Å². The van der Waals surface area contributed by atoms with Crippen molar-refractivity contribution in [1.82, 2.24) is 5.43 Å². The Morgan fingerprint density at radius 3 is 2.53 bits per heavy atom. The number of nitrogen functional groups attached to an aromatic ring is 1. The normalized spacial score (nSPS) is 9.53. The zero-order valence-corrected chi connectivity index (χ0v) is 8.40. The number of benzene rings is 1. The molecule has 0 aliphatic heterocycles. The van der Waals surface area contributed by atoms with Crippen LogP contribution in [0.5, 0.6) is 17.2 Å². The number of carbonyl (C=O) groups excluding carboxylic acids is 1. The summed E-state index contributed by atoms with van der Waals surface area (Å²) in [5, 5.41) is 9.52. The van der Waals surface area contributed by atoms with E-state index in [-0.39, 0.29) is 22.8 Å². The van der Waals surface area contributed by atoms with E-state index in [1.54, 1.807) is 0 Å². The van der Waals surface area contributed by atoms with Gasteiger partial charge in [0.25, 0.3) is 5.91 Å². The maximum absolute atomic E-state index is 11.2. The van der Waals surface area contributed by atoms with Gasteiger partial charge >= 0.3 is 0 Å². The summed E-state index contributed by atoms with van der Waals surface area (Å²) in [6.45, 7) is 0. The number of aromatic hydroxyl groups is 1. The quantitative estimate of drug-likeness (QED) is 0.373. The van der Waals surface area contributed by atoms with Crippen molar-refractivity contribution in [3.05, 3.63) is 17.7 Å². The van der Waals surface area contributed by atoms with Crippen molar-refractivity contribution in [3.63, 3.8) is 0 Å². The molecule has 0 spiro atoms. The SMILES string of the molecule is COc1cc(C(=O)NN)cc(O)c1OC. The molecule has 4 N–H and O–H groups in total. The summed E-state index contributed by atoms with van der Waals surface area (Å²) in [7, 11) is 2.79. The van der Waals surface area contributed by atoms with Crippen molar-refractivity contribution < 1.29 is 19.4 Å². The topological polar surface area (TPSA) is 93.8 Å². The van der Waals surface area contributed by atoms with Crippen LogP contribution in [0.25, 0.3) is 0 Å². The molecule has 1 aromatic carbocycles. The Hall–Kier alpha value is -1.95. The molecule has 0 radical (unpaired) electrons. The van der Waals surface area contributed by atoms with Gasteiger partial charge in [-0.2, -0.15) is 0 Å². The molecule has 0 heterocycles. The Bertz CT molecular complexity index is 379. The van der Waals surface area contributed by atoms with Crippen molar-refractivity contribution >= 4 is 5.91 Å². The predicted octanol–water partition coefficient (Wildman–Crippen LogP) is 0.0129. The number of hydrazine groups is 1. The Morgan fingerprint density at radius 2 is 2.07 bits per heavy atom. The first kappa shape index (κ1) is 11.1. The van der Waals surface area contributed by atoms with Crippen molar-refractivity contribution in [2.24, 2.45) is 5.84 Å². The highest BCUT2D eigenvalue weighted by atomic mass is 16.5. The number of phenols is 1. The van der Waals surface area contributed by atoms with Gasteiger partial charge in [-0.05, 0) is 12.1 Å². The van der Waals surface area contributed by atoms with Crippen LogP contribution in [0.4, 0.5) is 0 Å². The lowest BCUT2D eigenvalue weighted by Crippen LogP contribution is -2.29. The Morgan fingerprint density at radius 1 is 1.40 bits per heavy atom. The Kier molecular flexibility index (Phi) is 3.35. The van der Waals surface area contributed by atoms with Crippen LogP contribution in [0.1, 0.15) is 10.4 Å². The van der Waals surface area contributed by atoms with Gasteiger partial charge in [0.05, 0.1) is 14.2 Å². The maximum Gasteiger partial charge on any atom is 0.265 e. The molecule has 0 aliphatic rings. The van der Waals surface area contributed by atoms with Crippen molar-refractivity contribution in [1.29, 1.82) is 0 Å². The van der Waals surface area contributed by atoms with Gasteiger partial charge in [-0.3, -0.25) is 10.2 Å². The molecule has 6 nitrogen and oxygen atoms in total. The molecule has 0 unspecified atom stereocenters. The molecule has 0 aliphatic carbocycles. The highest BCUT2D eigenvalue weighted by Gasteiger charge is 2.14. The maximum atomic E-state index is 11.2. The van der Waals surface area contributed by atoms with E-state index in [2.05, 4.69) is 0 Å². The fourth-order valence-corrected chi connectivity index (χ4v) is 1.16. The Labute approximate surface area is 86.6 Å². The number of nitrogens with two attached hydrogens (primary N) is 1. The number of hydrogen-bond acceptors (Lipinski definition) is 5. The van der Waals surface area contributed by atoms with E-state index in [1.165, 1.54) is 26.4 Å². The first-order chi connectivity index (χ1) is 7.13. The average Bonchev–Trinajstić information content (AvgIpc) is 2.26. The van der Waals surface area contributed by atoms with Crippen LogP contribution in [-0.4, -0.2) is 25.2 Å². The van der Waals surface area contributed by atoms with Gasteiger partial charge in [-0.1, -0.05) is 0 Å². The molecule has 0 aromatic heterocycles. The van der Waals surface area contributed by atoms with Gasteiger partial charge in [-0.15, -0.1) is 0 Å². The summed E-state index contributed by atoms with van der Waals surface area (Å²) in [6, 6.07) is 2.66. The first-order valence-electron chi connectivity index (χ1n) is 4.10. The minimum atomic E-state index is -0.522. The third-order valence-corrected chi connectivity index (χ3v) is 1.85. The van der Waals surface area contributed by atoms with Gasteiger partial charge in [0.2, 0.25) is 5.75 Å². The highest BCUT2D eigenvalue weighted by molar-refractivity contribution is 5.95. The molecule has 6 heteroatoms. The largest absolute Gasteiger partial charge is 0.504 e. The summed E-state index contributed by atoms with van der Waals surface area (Å²) >= 11 is 0. The molecule has 1 aromatic rings. The predicted molar refractivity (Wildman–Crippen MR) is 52.9 cm³/mol. The lowest BCUT2D eigenvalue weighted by atomic mass is 10.1. The van der Waals surface area contributed by atoms with E-state index < -0.39 is 5.91 Å². The first-order valence-corrected chi connectivity index (χ1v) is 4.10. The van der Waals surface area contributed by atoms with Gasteiger partial charge in [0.15, 0.2) is 11.5 Å². The third-order valence-electron chi connectivity index (χ3n) is 1.85. The molecular weight excluding hydrogens is 200 g/mol. The molecular formula is C9H12N2O4. The van der Waals surface area contributed by atoms with Crippen molar-refractivity contribution in [2.75, 3.05) is 14.2 Å². The van der Waals surface area contributed by atoms with Crippen LogP contribution >= 0.6 is 0 Å². The van der Waals surface area contributed by atoms with Crippen LogP contribution in [0, 0.1) is 0 Å². The summed E-state index contributed by atoms with van der Waals surface area (Å²) in [4.78, 5) is 11.2. The van der Waals surface area contributed by atoms with Crippen molar-refractivity contribution in [2.45, 2.75) is 0 Å².